The quantitative estimate of drug-likeness (QED) is 0.899. The van der Waals surface area contributed by atoms with Gasteiger partial charge in [0.25, 0.3) is 0 Å². The van der Waals surface area contributed by atoms with E-state index < -0.39 is 6.04 Å². The molecule has 21 heavy (non-hydrogen) atoms. The average molecular weight is 367 g/mol. The normalized spacial score (nSPS) is 12.0. The molecule has 110 valence electrons. The number of aromatic nitrogens is 2. The first-order valence-electron chi connectivity index (χ1n) is 6.37. The second kappa shape index (κ2) is 6.00. The molecule has 0 aliphatic carbocycles. The van der Waals surface area contributed by atoms with Gasteiger partial charge < -0.3 is 5.32 Å². The van der Waals surface area contributed by atoms with Crippen LogP contribution < -0.4 is 5.32 Å². The molecule has 0 bridgehead atoms. The lowest BCUT2D eigenvalue weighted by Crippen LogP contribution is -2.25. The first-order chi connectivity index (χ1) is 9.86. The summed E-state index contributed by atoms with van der Waals surface area (Å²) in [5.41, 5.74) is 2.34. The number of nitrogens with one attached hydrogen (secondary N) is 1. The van der Waals surface area contributed by atoms with E-state index in [2.05, 4.69) is 32.4 Å². The molecule has 0 saturated carbocycles. The predicted molar refractivity (Wildman–Crippen MR) is 86.5 cm³/mol. The number of amides is 1. The smallest absolute Gasteiger partial charge is 0.249 e. The molecule has 7 heteroatoms. The number of carbonyl (C=O) groups is 1. The molecule has 0 aliphatic rings. The number of anilines is 1. The number of hydrogen-bond acceptors (Lipinski definition) is 4. The maximum absolute atomic E-state index is 12.4. The van der Waals surface area contributed by atoms with Gasteiger partial charge >= 0.3 is 0 Å². The molecule has 0 saturated heterocycles. The molecule has 5 nitrogen and oxygen atoms in total. The highest BCUT2D eigenvalue weighted by atomic mass is 79.9. The number of nitriles is 1. The molecule has 0 aliphatic heterocycles. The Kier molecular flexibility index (Phi) is 4.49. The van der Waals surface area contributed by atoms with Crippen LogP contribution in [0.2, 0.25) is 0 Å². The van der Waals surface area contributed by atoms with E-state index >= 15 is 0 Å². The van der Waals surface area contributed by atoms with Crippen LogP contribution in [-0.2, 0) is 4.79 Å². The topological polar surface area (TPSA) is 70.7 Å². The van der Waals surface area contributed by atoms with Gasteiger partial charge in [0.05, 0.1) is 21.9 Å². The molecule has 0 radical (unpaired) electrons. The molecule has 1 atom stereocenters. The molecule has 2 heterocycles. The molecule has 2 aromatic rings. The highest BCUT2D eigenvalue weighted by Crippen LogP contribution is 2.32. The summed E-state index contributed by atoms with van der Waals surface area (Å²) in [4.78, 5) is 13.4. The summed E-state index contributed by atoms with van der Waals surface area (Å²) < 4.78 is 2.52. The fourth-order valence-corrected chi connectivity index (χ4v) is 3.26. The predicted octanol–water partition coefficient (Wildman–Crippen LogP) is 3.70. The Hall–Kier alpha value is -1.65. The van der Waals surface area contributed by atoms with Gasteiger partial charge in [-0.1, -0.05) is 0 Å². The second-order valence-corrected chi connectivity index (χ2v) is 6.87. The monoisotopic (exact) mass is 366 g/mol. The van der Waals surface area contributed by atoms with Crippen LogP contribution in [-0.4, -0.2) is 15.7 Å². The zero-order valence-corrected chi connectivity index (χ0v) is 14.6. The number of halogens is 1. The molecule has 1 amide bonds. The first-order valence-corrected chi connectivity index (χ1v) is 7.98. The zero-order valence-electron chi connectivity index (χ0n) is 12.2. The maximum Gasteiger partial charge on any atom is 0.249 e. The number of thiophene rings is 1. The van der Waals surface area contributed by atoms with E-state index in [1.54, 1.807) is 17.8 Å². The lowest BCUT2D eigenvalue weighted by molar-refractivity contribution is -0.119. The van der Waals surface area contributed by atoms with Gasteiger partial charge in [-0.25, -0.2) is 0 Å². The summed E-state index contributed by atoms with van der Waals surface area (Å²) in [7, 11) is 0. The molecule has 2 rings (SSSR count). The Bertz CT molecular complexity index is 741. The van der Waals surface area contributed by atoms with Gasteiger partial charge in [0, 0.05) is 4.88 Å². The van der Waals surface area contributed by atoms with Gasteiger partial charge in [-0.3, -0.25) is 9.48 Å². The number of aryl methyl sites for hydroxylation is 1. The van der Waals surface area contributed by atoms with Crippen LogP contribution in [0.15, 0.2) is 10.7 Å². The van der Waals surface area contributed by atoms with Crippen molar-refractivity contribution in [2.24, 2.45) is 0 Å². The number of rotatable bonds is 3. The molecular formula is C14H15BrN4OS. The van der Waals surface area contributed by atoms with Crippen molar-refractivity contribution in [3.8, 4) is 6.07 Å². The molecule has 0 spiro atoms. The molecule has 1 N–H and O–H groups in total. The molecule has 0 aromatic carbocycles. The van der Waals surface area contributed by atoms with Crippen LogP contribution in [0.1, 0.15) is 34.7 Å². The van der Waals surface area contributed by atoms with Crippen molar-refractivity contribution in [3.63, 3.8) is 0 Å². The van der Waals surface area contributed by atoms with E-state index in [1.807, 2.05) is 20.8 Å². The van der Waals surface area contributed by atoms with Crippen LogP contribution in [0.5, 0.6) is 0 Å². The molecule has 0 fully saturated rings. The van der Waals surface area contributed by atoms with Crippen LogP contribution in [0.4, 0.5) is 5.00 Å². The van der Waals surface area contributed by atoms with Crippen LogP contribution >= 0.6 is 27.3 Å². The van der Waals surface area contributed by atoms with E-state index in [4.69, 9.17) is 0 Å². The third kappa shape index (κ3) is 2.87. The van der Waals surface area contributed by atoms with Crippen molar-refractivity contribution in [2.45, 2.75) is 33.7 Å². The van der Waals surface area contributed by atoms with Gasteiger partial charge in [-0.15, -0.1) is 11.3 Å². The fourth-order valence-electron chi connectivity index (χ4n) is 1.97. The van der Waals surface area contributed by atoms with Crippen molar-refractivity contribution in [2.75, 3.05) is 5.32 Å². The number of nitrogens with zero attached hydrogens (tertiary/aromatic N) is 3. The van der Waals surface area contributed by atoms with Crippen molar-refractivity contribution in [1.82, 2.24) is 9.78 Å². The van der Waals surface area contributed by atoms with Crippen LogP contribution in [0.3, 0.4) is 0 Å². The van der Waals surface area contributed by atoms with Gasteiger partial charge in [0.15, 0.2) is 0 Å². The minimum Gasteiger partial charge on any atom is -0.315 e. The van der Waals surface area contributed by atoms with Crippen LogP contribution in [0.25, 0.3) is 0 Å². The minimum atomic E-state index is -0.453. The van der Waals surface area contributed by atoms with Gasteiger partial charge in [0.1, 0.15) is 17.1 Å². The highest BCUT2D eigenvalue weighted by molar-refractivity contribution is 9.10. The summed E-state index contributed by atoms with van der Waals surface area (Å²) >= 11 is 4.80. The summed E-state index contributed by atoms with van der Waals surface area (Å²) in [6.07, 6.45) is 1.67. The third-order valence-corrected chi connectivity index (χ3v) is 5.37. The second-order valence-electron chi connectivity index (χ2n) is 4.79. The summed E-state index contributed by atoms with van der Waals surface area (Å²) in [6.45, 7) is 7.50. The minimum absolute atomic E-state index is 0.188. The lowest BCUT2D eigenvalue weighted by atomic mass is 10.2. The third-order valence-electron chi connectivity index (χ3n) is 3.46. The van der Waals surface area contributed by atoms with Gasteiger partial charge in [-0.05, 0) is 49.2 Å². The van der Waals surface area contributed by atoms with Crippen LogP contribution in [0, 0.1) is 32.1 Å². The van der Waals surface area contributed by atoms with Gasteiger partial charge in [0.2, 0.25) is 5.91 Å². The molecule has 2 aromatic heterocycles. The van der Waals surface area contributed by atoms with Crippen molar-refractivity contribution < 1.29 is 4.79 Å². The van der Waals surface area contributed by atoms with Crippen molar-refractivity contribution in [1.29, 1.82) is 5.26 Å². The van der Waals surface area contributed by atoms with Crippen molar-refractivity contribution >= 4 is 38.2 Å². The summed E-state index contributed by atoms with van der Waals surface area (Å²) in [5.74, 6) is -0.188. The average Bonchev–Trinajstić information content (AvgIpc) is 2.91. The SMILES string of the molecule is Cc1sc(NC(=O)[C@@H](C)n2ncc(Br)c2C)c(C#N)c1C. The Morgan fingerprint density at radius 1 is 1.52 bits per heavy atom. The Morgan fingerprint density at radius 2 is 2.19 bits per heavy atom. The maximum atomic E-state index is 12.4. The Labute approximate surface area is 135 Å². The molecular weight excluding hydrogens is 352 g/mol. The van der Waals surface area contributed by atoms with E-state index in [-0.39, 0.29) is 5.91 Å². The standard InChI is InChI=1S/C14H15BrN4OS/c1-7-10(4)21-14(11(7)5-16)18-13(20)9(3)19-8(2)12(15)6-17-19/h6,9H,1-4H3,(H,18,20)/t9-/m1/s1. The molecule has 0 unspecified atom stereocenters. The van der Waals surface area contributed by atoms with E-state index in [0.29, 0.717) is 10.6 Å². The van der Waals surface area contributed by atoms with E-state index in [0.717, 1.165) is 20.6 Å². The fraction of sp³-hybridized carbons (Fsp3) is 0.357. The Morgan fingerprint density at radius 3 is 2.71 bits per heavy atom. The largest absolute Gasteiger partial charge is 0.315 e. The lowest BCUT2D eigenvalue weighted by Gasteiger charge is -2.14. The Balaban J connectivity index is 2.25. The van der Waals surface area contributed by atoms with E-state index in [9.17, 15) is 10.1 Å². The highest BCUT2D eigenvalue weighted by Gasteiger charge is 2.21. The number of hydrogen-bond donors (Lipinski definition) is 1. The first kappa shape index (κ1) is 15.7. The van der Waals surface area contributed by atoms with E-state index in [1.165, 1.54) is 11.3 Å². The summed E-state index contributed by atoms with van der Waals surface area (Å²) in [5, 5.41) is 16.8. The summed E-state index contributed by atoms with van der Waals surface area (Å²) in [6, 6.07) is 1.70. The zero-order chi connectivity index (χ0) is 15.7. The van der Waals surface area contributed by atoms with Gasteiger partial charge in [-0.2, -0.15) is 10.4 Å². The van der Waals surface area contributed by atoms with Crippen molar-refractivity contribution in [3.05, 3.63) is 32.4 Å². The number of carbonyl (C=O) groups excluding carboxylic acids is 1.